The highest BCUT2D eigenvalue weighted by atomic mass is 16.6. The number of phenols is 12. The minimum absolute atomic E-state index is 0.0748. The van der Waals surface area contributed by atoms with Gasteiger partial charge in [0.25, 0.3) is 0 Å². The third-order valence-corrected chi connectivity index (χ3v) is 10.5. The van der Waals surface area contributed by atoms with Crippen molar-refractivity contribution in [2.75, 3.05) is 0 Å². The van der Waals surface area contributed by atoms with Gasteiger partial charge in [0.15, 0.2) is 69.0 Å². The van der Waals surface area contributed by atoms with Crippen molar-refractivity contribution in [1.29, 1.82) is 0 Å². The molecule has 2 unspecified atom stereocenters. The number of carbonyl (C=O) groups excluding carboxylic acids is 2. The number of esters is 2. The molecule has 0 aliphatic carbocycles. The van der Waals surface area contributed by atoms with E-state index in [0.29, 0.717) is 11.1 Å². The molecule has 388 valence electrons. The summed E-state index contributed by atoms with van der Waals surface area (Å²) < 4.78 is 9.97. The Bertz CT molecular complexity index is 3290. The van der Waals surface area contributed by atoms with Gasteiger partial charge in [-0.05, 0) is 118 Å². The first-order valence-corrected chi connectivity index (χ1v) is 21.4. The van der Waals surface area contributed by atoms with Gasteiger partial charge in [-0.1, -0.05) is 42.5 Å². The van der Waals surface area contributed by atoms with Gasteiger partial charge in [0.2, 0.25) is 12.2 Å². The Labute approximate surface area is 422 Å². The zero-order valence-electron chi connectivity index (χ0n) is 38.4. The molecular formula is C53H44O22. The maximum Gasteiger partial charge on any atom is 0.345 e. The number of hydrogen-bond donors (Lipinski definition) is 15. The molecule has 0 aliphatic rings. The summed E-state index contributed by atoms with van der Waals surface area (Å²) in [5.74, 6) is -12.4. The lowest BCUT2D eigenvalue weighted by Gasteiger charge is -2.14. The van der Waals surface area contributed by atoms with E-state index in [1.165, 1.54) is 78.9 Å². The van der Waals surface area contributed by atoms with Crippen LogP contribution in [-0.2, 0) is 46.3 Å². The minimum atomic E-state index is -1.68. The molecule has 2 atom stereocenters. The second-order valence-electron chi connectivity index (χ2n) is 15.8. The zero-order chi connectivity index (χ0) is 55.3. The fourth-order valence-corrected chi connectivity index (χ4v) is 6.67. The van der Waals surface area contributed by atoms with Crippen LogP contribution in [-0.4, -0.2) is 119 Å². The average molecular weight is 1030 g/mol. The van der Waals surface area contributed by atoms with Crippen LogP contribution < -0.4 is 0 Å². The Morgan fingerprint density at radius 3 is 1.27 bits per heavy atom. The third kappa shape index (κ3) is 14.9. The SMILES string of the molecule is O=C(/C=C/c1ccc(O)c(O)c1/C(=C/c1ccc(O)c(O)c1)C(=O)O)OC(Cc1ccc(O)c(O)c1)C(=O)O.O=C(/C=C/c1ccc(O)c(O)c1/C=C/c1ccc(O)c(O)c1)OC(Cc1ccc(O)c(O)c1)C(=O)O. The summed E-state index contributed by atoms with van der Waals surface area (Å²) in [4.78, 5) is 59.9. The van der Waals surface area contributed by atoms with E-state index in [0.717, 1.165) is 60.7 Å². The first kappa shape index (κ1) is 55.2. The molecule has 0 amide bonds. The van der Waals surface area contributed by atoms with Crippen LogP contribution in [0.25, 0.3) is 36.0 Å². The van der Waals surface area contributed by atoms with Crippen LogP contribution in [0.3, 0.4) is 0 Å². The van der Waals surface area contributed by atoms with Gasteiger partial charge in [-0.25, -0.2) is 24.0 Å². The highest BCUT2D eigenvalue weighted by molar-refractivity contribution is 6.22. The first-order valence-electron chi connectivity index (χ1n) is 21.4. The molecule has 0 spiro atoms. The molecule has 22 nitrogen and oxygen atoms in total. The van der Waals surface area contributed by atoms with E-state index < -0.39 is 105 Å². The van der Waals surface area contributed by atoms with Gasteiger partial charge in [0.1, 0.15) is 0 Å². The van der Waals surface area contributed by atoms with E-state index >= 15 is 0 Å². The molecule has 0 saturated carbocycles. The number of phenolic OH excluding ortho intramolecular Hbond substituents is 12. The number of rotatable bonds is 17. The maximum atomic E-state index is 12.4. The molecule has 6 aromatic carbocycles. The van der Waals surface area contributed by atoms with Crippen LogP contribution >= 0.6 is 0 Å². The summed E-state index contributed by atoms with van der Waals surface area (Å²) in [6.45, 7) is 0. The standard InChI is InChI=1S/C27H22O12.C26H22O10/c28-17-5-1-13(10-20(17)31)9-16(26(35)36)24-15(3-7-19(30)25(24)34)4-8-23(33)39-22(27(37)38)12-14-2-6-18(29)21(32)11-14;27-18-7-2-14(11-21(18)30)1-6-17-16(4-9-20(29)25(17)33)5-10-24(32)36-23(26(34)35)13-15-3-8-19(28)22(31)12-15/h1-11,22,28-32,34H,12H2,(H,35,36)(H,37,38);1-12,23,27-31,33H,13H2,(H,34,35)/b8-4+,16-9-;6-1+,10-5+. The third-order valence-electron chi connectivity index (χ3n) is 10.5. The first-order chi connectivity index (χ1) is 35.4. The molecule has 6 rings (SSSR count). The Morgan fingerprint density at radius 1 is 0.413 bits per heavy atom. The molecule has 0 radical (unpaired) electrons. The van der Waals surface area contributed by atoms with Gasteiger partial charge >= 0.3 is 29.8 Å². The van der Waals surface area contributed by atoms with E-state index in [1.54, 1.807) is 0 Å². The molecular weight excluding hydrogens is 989 g/mol. The minimum Gasteiger partial charge on any atom is -0.504 e. The van der Waals surface area contributed by atoms with Crippen molar-refractivity contribution in [1.82, 2.24) is 0 Å². The van der Waals surface area contributed by atoms with E-state index in [-0.39, 0.29) is 57.9 Å². The van der Waals surface area contributed by atoms with Crippen molar-refractivity contribution in [3.8, 4) is 69.0 Å². The van der Waals surface area contributed by atoms with Gasteiger partial charge in [-0.15, -0.1) is 0 Å². The lowest BCUT2D eigenvalue weighted by atomic mass is 9.95. The number of ether oxygens (including phenoxy) is 2. The summed E-state index contributed by atoms with van der Waals surface area (Å²) in [5, 5.41) is 145. The number of hydrogen-bond acceptors (Lipinski definition) is 19. The molecule has 0 aromatic heterocycles. The molecule has 15 N–H and O–H groups in total. The second-order valence-corrected chi connectivity index (χ2v) is 15.8. The lowest BCUT2D eigenvalue weighted by molar-refractivity contribution is -0.160. The molecule has 0 heterocycles. The predicted octanol–water partition coefficient (Wildman–Crippen LogP) is 6.14. The molecule has 6 aromatic rings. The van der Waals surface area contributed by atoms with Crippen molar-refractivity contribution in [2.45, 2.75) is 25.0 Å². The molecule has 0 fully saturated rings. The van der Waals surface area contributed by atoms with Crippen molar-refractivity contribution in [3.05, 3.63) is 154 Å². The quantitative estimate of drug-likeness (QED) is 0.0211. The normalized spacial score (nSPS) is 12.2. The number of carbonyl (C=O) groups is 5. The number of benzene rings is 6. The second kappa shape index (κ2) is 24.4. The van der Waals surface area contributed by atoms with Crippen LogP contribution in [0.15, 0.2) is 109 Å². The van der Waals surface area contributed by atoms with Crippen molar-refractivity contribution < 1.29 is 110 Å². The number of aromatic hydroxyl groups is 12. The lowest BCUT2D eigenvalue weighted by Crippen LogP contribution is -2.28. The molecule has 75 heavy (non-hydrogen) atoms. The molecule has 22 heteroatoms. The predicted molar refractivity (Wildman–Crippen MR) is 264 cm³/mol. The van der Waals surface area contributed by atoms with E-state index in [2.05, 4.69) is 0 Å². The highest BCUT2D eigenvalue weighted by Gasteiger charge is 2.25. The smallest absolute Gasteiger partial charge is 0.345 e. The Kier molecular flexibility index (Phi) is 17.9. The Morgan fingerprint density at radius 2 is 0.813 bits per heavy atom. The van der Waals surface area contributed by atoms with Crippen LogP contribution in [0.1, 0.15) is 44.5 Å². The van der Waals surface area contributed by atoms with E-state index in [9.17, 15) is 101 Å². The zero-order valence-corrected chi connectivity index (χ0v) is 38.4. The number of carboxylic acids is 3. The van der Waals surface area contributed by atoms with E-state index in [4.69, 9.17) is 9.47 Å². The van der Waals surface area contributed by atoms with Gasteiger partial charge in [-0.3, -0.25) is 0 Å². The maximum absolute atomic E-state index is 12.4. The fraction of sp³-hybridized carbons (Fsp3) is 0.0755. The van der Waals surface area contributed by atoms with Gasteiger partial charge in [0, 0.05) is 36.1 Å². The van der Waals surface area contributed by atoms with Crippen LogP contribution in [0.5, 0.6) is 69.0 Å². The largest absolute Gasteiger partial charge is 0.504 e. The number of carboxylic acid groups (broad SMARTS) is 3. The fourth-order valence-electron chi connectivity index (χ4n) is 6.67. The summed E-state index contributed by atoms with van der Waals surface area (Å²) in [6.07, 6.45) is 4.06. The Hall–Kier alpha value is -10.8. The molecule has 0 saturated heterocycles. The summed E-state index contributed by atoms with van der Waals surface area (Å²) in [6, 6.07) is 19.6. The summed E-state index contributed by atoms with van der Waals surface area (Å²) in [7, 11) is 0. The van der Waals surface area contributed by atoms with Crippen molar-refractivity contribution >= 4 is 65.8 Å². The average Bonchev–Trinajstić information content (AvgIpc) is 3.35. The summed E-state index contributed by atoms with van der Waals surface area (Å²) >= 11 is 0. The van der Waals surface area contributed by atoms with Crippen LogP contribution in [0.2, 0.25) is 0 Å². The molecule has 0 bridgehead atoms. The topological polar surface area (TPSA) is 407 Å². The van der Waals surface area contributed by atoms with Gasteiger partial charge < -0.3 is 86.1 Å². The van der Waals surface area contributed by atoms with Crippen molar-refractivity contribution in [3.63, 3.8) is 0 Å². The number of aliphatic carboxylic acids is 3. The van der Waals surface area contributed by atoms with Crippen molar-refractivity contribution in [2.24, 2.45) is 0 Å². The van der Waals surface area contributed by atoms with Gasteiger partial charge in [-0.2, -0.15) is 0 Å². The molecule has 0 aliphatic heterocycles. The summed E-state index contributed by atoms with van der Waals surface area (Å²) in [5.41, 5.74) is 0.483. The Balaban J connectivity index is 0.000000278. The van der Waals surface area contributed by atoms with E-state index in [1.807, 2.05) is 0 Å². The van der Waals surface area contributed by atoms with Crippen LogP contribution in [0.4, 0.5) is 0 Å². The highest BCUT2D eigenvalue weighted by Crippen LogP contribution is 2.39. The monoisotopic (exact) mass is 1030 g/mol. The van der Waals surface area contributed by atoms with Gasteiger partial charge in [0.05, 0.1) is 5.57 Å². The van der Waals surface area contributed by atoms with Crippen LogP contribution in [0, 0.1) is 0 Å².